The summed E-state index contributed by atoms with van der Waals surface area (Å²) in [4.78, 5) is 26.5. The van der Waals surface area contributed by atoms with Crippen LogP contribution in [0.4, 0.5) is 0 Å². The van der Waals surface area contributed by atoms with Crippen molar-refractivity contribution in [2.24, 2.45) is 0 Å². The Morgan fingerprint density at radius 2 is 2.09 bits per heavy atom. The second-order valence-electron chi connectivity index (χ2n) is 1.96. The normalized spacial score (nSPS) is 14.5. The van der Waals surface area contributed by atoms with Crippen molar-refractivity contribution in [1.29, 1.82) is 0 Å². The number of hydrogen-bond donors (Lipinski definition) is 3. The molecule has 1 unspecified atom stereocenters. The maximum absolute atomic E-state index is 10.2. The fraction of sp³-hybridized carbons (Fsp3) is 0.750. The summed E-state index contributed by atoms with van der Waals surface area (Å²) in [6.45, 7) is 1.17. The molecule has 0 aliphatic heterocycles. The van der Waals surface area contributed by atoms with E-state index in [0.717, 1.165) is 0 Å². The molecule has 0 saturated carbocycles. The number of Topliss-reactive ketones (excluding diaryl/α,β-unsaturated/α-hetero) is 1. The lowest BCUT2D eigenvalue weighted by Crippen LogP contribution is -2.13. The van der Waals surface area contributed by atoms with Gasteiger partial charge in [-0.15, -0.1) is 0 Å². The first kappa shape index (κ1) is 10.7. The van der Waals surface area contributed by atoms with Gasteiger partial charge in [-0.3, -0.25) is 9.32 Å². The fourth-order valence-electron chi connectivity index (χ4n) is 0.442. The highest BCUT2D eigenvalue weighted by molar-refractivity contribution is 7.46. The summed E-state index contributed by atoms with van der Waals surface area (Å²) in [5.41, 5.74) is 0. The first-order valence-electron chi connectivity index (χ1n) is 2.72. The van der Waals surface area contributed by atoms with E-state index in [0.29, 0.717) is 0 Å². The van der Waals surface area contributed by atoms with Gasteiger partial charge in [-0.2, -0.15) is 0 Å². The van der Waals surface area contributed by atoms with Crippen molar-refractivity contribution in [3.8, 4) is 0 Å². The van der Waals surface area contributed by atoms with E-state index in [1.165, 1.54) is 6.92 Å². The van der Waals surface area contributed by atoms with Crippen LogP contribution >= 0.6 is 7.82 Å². The molecule has 6 nitrogen and oxygen atoms in total. The topological polar surface area (TPSA) is 104 Å². The molecule has 0 aliphatic rings. The standard InChI is InChI=1S/C4H9O6P/c1-3(5)2-4(6)10-11(7,8)9/h4,6H,2H2,1H3,(H2,7,8,9). The van der Waals surface area contributed by atoms with E-state index >= 15 is 0 Å². The maximum Gasteiger partial charge on any atom is 0.471 e. The average molecular weight is 184 g/mol. The van der Waals surface area contributed by atoms with Gasteiger partial charge in [0.15, 0.2) is 6.29 Å². The third-order valence-corrected chi connectivity index (χ3v) is 1.24. The molecule has 0 spiro atoms. The van der Waals surface area contributed by atoms with Gasteiger partial charge in [0.25, 0.3) is 0 Å². The number of rotatable bonds is 4. The summed E-state index contributed by atoms with van der Waals surface area (Å²) >= 11 is 0. The quantitative estimate of drug-likeness (QED) is 0.397. The third kappa shape index (κ3) is 7.64. The van der Waals surface area contributed by atoms with Crippen LogP contribution in [0.2, 0.25) is 0 Å². The van der Waals surface area contributed by atoms with Gasteiger partial charge in [0, 0.05) is 0 Å². The van der Waals surface area contributed by atoms with Crippen LogP contribution in [-0.4, -0.2) is 27.0 Å². The Morgan fingerprint density at radius 1 is 1.64 bits per heavy atom. The number of phosphoric ester groups is 1. The molecule has 0 radical (unpaired) electrons. The lowest BCUT2D eigenvalue weighted by atomic mass is 10.3. The molecule has 3 N–H and O–H groups in total. The molecule has 0 aliphatic carbocycles. The Bertz CT molecular complexity index is 183. The van der Waals surface area contributed by atoms with E-state index in [4.69, 9.17) is 14.9 Å². The van der Waals surface area contributed by atoms with Crippen molar-refractivity contribution in [3.05, 3.63) is 0 Å². The number of carbonyl (C=O) groups is 1. The maximum atomic E-state index is 10.2. The molecule has 0 amide bonds. The molecule has 0 aromatic heterocycles. The molecule has 0 rings (SSSR count). The average Bonchev–Trinajstić information content (AvgIpc) is 1.53. The molecule has 7 heteroatoms. The van der Waals surface area contributed by atoms with Crippen LogP contribution in [0.15, 0.2) is 0 Å². The Morgan fingerprint density at radius 3 is 2.36 bits per heavy atom. The Hall–Kier alpha value is -0.260. The van der Waals surface area contributed by atoms with Gasteiger partial charge in [0.05, 0.1) is 6.42 Å². The van der Waals surface area contributed by atoms with Gasteiger partial charge in [0.2, 0.25) is 0 Å². The van der Waals surface area contributed by atoms with E-state index in [1.54, 1.807) is 0 Å². The van der Waals surface area contributed by atoms with Crippen LogP contribution in [0.25, 0.3) is 0 Å². The molecular formula is C4H9O6P. The van der Waals surface area contributed by atoms with Gasteiger partial charge in [-0.1, -0.05) is 0 Å². The predicted molar refractivity (Wildman–Crippen MR) is 34.4 cm³/mol. The highest BCUT2D eigenvalue weighted by Crippen LogP contribution is 2.37. The van der Waals surface area contributed by atoms with E-state index in [1.807, 2.05) is 0 Å². The number of phosphoric acid groups is 1. The number of hydrogen-bond acceptors (Lipinski definition) is 4. The predicted octanol–water partition coefficient (Wildman–Crippen LogP) is -0.607. The molecule has 66 valence electrons. The molecule has 0 fully saturated rings. The van der Waals surface area contributed by atoms with Crippen molar-refractivity contribution < 1.29 is 28.8 Å². The second kappa shape index (κ2) is 3.94. The summed E-state index contributed by atoms with van der Waals surface area (Å²) in [6.07, 6.45) is -2.15. The molecule has 1 atom stereocenters. The minimum Gasteiger partial charge on any atom is -0.367 e. The lowest BCUT2D eigenvalue weighted by molar-refractivity contribution is -0.124. The molecule has 0 saturated heterocycles. The monoisotopic (exact) mass is 184 g/mol. The third-order valence-electron chi connectivity index (χ3n) is 0.721. The van der Waals surface area contributed by atoms with Crippen LogP contribution < -0.4 is 0 Å². The van der Waals surface area contributed by atoms with Crippen LogP contribution in [-0.2, 0) is 13.9 Å². The molecule has 0 heterocycles. The lowest BCUT2D eigenvalue weighted by Gasteiger charge is -2.09. The van der Waals surface area contributed by atoms with E-state index in [-0.39, 0.29) is 0 Å². The van der Waals surface area contributed by atoms with E-state index in [2.05, 4.69) is 4.52 Å². The smallest absolute Gasteiger partial charge is 0.367 e. The van der Waals surface area contributed by atoms with Gasteiger partial charge in [-0.05, 0) is 6.92 Å². The van der Waals surface area contributed by atoms with Crippen LogP contribution in [0.5, 0.6) is 0 Å². The summed E-state index contributed by atoms with van der Waals surface area (Å²) in [6, 6.07) is 0. The van der Waals surface area contributed by atoms with Crippen molar-refractivity contribution in [1.82, 2.24) is 0 Å². The molecule has 0 bridgehead atoms. The fourth-order valence-corrected chi connectivity index (χ4v) is 0.833. The summed E-state index contributed by atoms with van der Waals surface area (Å²) in [5, 5.41) is 8.62. The minimum atomic E-state index is -4.68. The first-order chi connectivity index (χ1) is 4.81. The van der Waals surface area contributed by atoms with Crippen molar-refractivity contribution in [2.75, 3.05) is 0 Å². The van der Waals surface area contributed by atoms with Crippen LogP contribution in [0.1, 0.15) is 13.3 Å². The molecule has 11 heavy (non-hydrogen) atoms. The number of aliphatic hydroxyl groups is 1. The number of aliphatic hydroxyl groups excluding tert-OH is 1. The largest absolute Gasteiger partial charge is 0.471 e. The van der Waals surface area contributed by atoms with Crippen LogP contribution in [0, 0.1) is 0 Å². The Balaban J connectivity index is 3.79. The number of ketones is 1. The van der Waals surface area contributed by atoms with Crippen LogP contribution in [0.3, 0.4) is 0 Å². The molecule has 0 aromatic carbocycles. The SMILES string of the molecule is CC(=O)CC(O)OP(=O)(O)O. The second-order valence-corrected chi connectivity index (χ2v) is 3.15. The van der Waals surface area contributed by atoms with E-state index in [9.17, 15) is 9.36 Å². The highest BCUT2D eigenvalue weighted by atomic mass is 31.2. The first-order valence-corrected chi connectivity index (χ1v) is 4.26. The van der Waals surface area contributed by atoms with Gasteiger partial charge < -0.3 is 14.9 Å². The van der Waals surface area contributed by atoms with Gasteiger partial charge >= 0.3 is 7.82 Å². The van der Waals surface area contributed by atoms with Crippen molar-refractivity contribution in [2.45, 2.75) is 19.6 Å². The van der Waals surface area contributed by atoms with Gasteiger partial charge in [-0.25, -0.2) is 4.57 Å². The Kier molecular flexibility index (Phi) is 3.85. The molecular weight excluding hydrogens is 175 g/mol. The van der Waals surface area contributed by atoms with Gasteiger partial charge in [0.1, 0.15) is 5.78 Å². The summed E-state index contributed by atoms with van der Waals surface area (Å²) in [7, 11) is -4.68. The Labute approximate surface area is 63.0 Å². The van der Waals surface area contributed by atoms with E-state index < -0.39 is 26.3 Å². The summed E-state index contributed by atoms with van der Waals surface area (Å²) < 4.78 is 13.8. The molecule has 0 aromatic rings. The van der Waals surface area contributed by atoms with Crippen molar-refractivity contribution in [3.63, 3.8) is 0 Å². The highest BCUT2D eigenvalue weighted by Gasteiger charge is 2.20. The zero-order chi connectivity index (χ0) is 9.07. The zero-order valence-electron chi connectivity index (χ0n) is 5.80. The number of carbonyl (C=O) groups excluding carboxylic acids is 1. The minimum absolute atomic E-state index is 0.411. The van der Waals surface area contributed by atoms with Crippen molar-refractivity contribution >= 4 is 13.6 Å². The zero-order valence-corrected chi connectivity index (χ0v) is 6.69. The summed E-state index contributed by atoms with van der Waals surface area (Å²) in [5.74, 6) is -0.411.